The highest BCUT2D eigenvalue weighted by Gasteiger charge is 2.67. The van der Waals surface area contributed by atoms with Gasteiger partial charge in [-0.15, -0.1) is 0 Å². The SMILES string of the molecule is CC1(C)OB(NC(=O)c2ccccc2)OC1(C)C(C)(F)C(F)F. The lowest BCUT2D eigenvalue weighted by atomic mass is 9.76. The van der Waals surface area contributed by atoms with Crippen LogP contribution in [0.25, 0.3) is 0 Å². The Balaban J connectivity index is 2.18. The van der Waals surface area contributed by atoms with Gasteiger partial charge in [-0.2, -0.15) is 0 Å². The molecule has 1 aliphatic rings. The average molecular weight is 329 g/mol. The highest BCUT2D eigenvalue weighted by atomic mass is 19.3. The summed E-state index contributed by atoms with van der Waals surface area (Å²) in [6, 6.07) is 8.25. The van der Waals surface area contributed by atoms with Crippen LogP contribution in [0.3, 0.4) is 0 Å². The van der Waals surface area contributed by atoms with E-state index in [1.807, 2.05) is 0 Å². The molecule has 1 aliphatic heterocycles. The fourth-order valence-electron chi connectivity index (χ4n) is 2.51. The summed E-state index contributed by atoms with van der Waals surface area (Å²) in [7, 11) is -1.32. The van der Waals surface area contributed by atoms with E-state index < -0.39 is 36.5 Å². The Morgan fingerprint density at radius 1 is 1.22 bits per heavy atom. The van der Waals surface area contributed by atoms with Gasteiger partial charge in [0, 0.05) is 5.56 Å². The van der Waals surface area contributed by atoms with Crippen molar-refractivity contribution in [2.24, 2.45) is 0 Å². The molecule has 23 heavy (non-hydrogen) atoms. The van der Waals surface area contributed by atoms with Crippen molar-refractivity contribution < 1.29 is 27.3 Å². The first-order valence-electron chi connectivity index (χ1n) is 7.20. The van der Waals surface area contributed by atoms with Gasteiger partial charge in [-0.1, -0.05) is 18.2 Å². The lowest BCUT2D eigenvalue weighted by Crippen LogP contribution is -2.61. The Hall–Kier alpha value is -1.54. The first-order chi connectivity index (χ1) is 10.5. The molecule has 1 saturated heterocycles. The highest BCUT2D eigenvalue weighted by Crippen LogP contribution is 2.48. The first kappa shape index (κ1) is 17.8. The molecule has 0 spiro atoms. The van der Waals surface area contributed by atoms with E-state index in [0.717, 1.165) is 6.92 Å². The molecule has 2 rings (SSSR count). The van der Waals surface area contributed by atoms with E-state index in [-0.39, 0.29) is 0 Å². The first-order valence-corrected chi connectivity index (χ1v) is 7.20. The number of halogens is 3. The third-order valence-corrected chi connectivity index (χ3v) is 4.52. The van der Waals surface area contributed by atoms with Gasteiger partial charge >= 0.3 is 7.25 Å². The van der Waals surface area contributed by atoms with Crippen molar-refractivity contribution in [3.63, 3.8) is 0 Å². The second-order valence-corrected chi connectivity index (χ2v) is 6.33. The molecule has 0 aliphatic carbocycles. The molecule has 0 bridgehead atoms. The monoisotopic (exact) mass is 329 g/mol. The van der Waals surface area contributed by atoms with Crippen LogP contribution in [0.15, 0.2) is 30.3 Å². The van der Waals surface area contributed by atoms with Gasteiger partial charge in [0.2, 0.25) is 5.91 Å². The van der Waals surface area contributed by atoms with Gasteiger partial charge in [-0.3, -0.25) is 4.79 Å². The number of carbonyl (C=O) groups excluding carboxylic acids is 1. The molecular formula is C15H19BF3NO3. The molecule has 4 nitrogen and oxygen atoms in total. The van der Waals surface area contributed by atoms with Crippen molar-refractivity contribution in [2.45, 2.75) is 51.0 Å². The Morgan fingerprint density at radius 3 is 2.30 bits per heavy atom. The van der Waals surface area contributed by atoms with E-state index in [4.69, 9.17) is 9.31 Å². The summed E-state index contributed by atoms with van der Waals surface area (Å²) in [5, 5.41) is 2.42. The van der Waals surface area contributed by atoms with Crippen molar-refractivity contribution in [2.75, 3.05) is 0 Å². The zero-order chi connectivity index (χ0) is 17.5. The van der Waals surface area contributed by atoms with Crippen molar-refractivity contribution in [1.29, 1.82) is 0 Å². The van der Waals surface area contributed by atoms with Crippen LogP contribution in [0.5, 0.6) is 0 Å². The molecule has 2 unspecified atom stereocenters. The molecule has 2 atom stereocenters. The van der Waals surface area contributed by atoms with Crippen LogP contribution in [-0.2, 0) is 9.31 Å². The van der Waals surface area contributed by atoms with Crippen LogP contribution in [0, 0.1) is 0 Å². The molecule has 0 saturated carbocycles. The number of alkyl halides is 3. The van der Waals surface area contributed by atoms with E-state index >= 15 is 0 Å². The minimum Gasteiger partial charge on any atom is -0.384 e. The number of hydrogen-bond acceptors (Lipinski definition) is 3. The minimum atomic E-state index is -3.26. The van der Waals surface area contributed by atoms with Crippen molar-refractivity contribution in [3.8, 4) is 0 Å². The highest BCUT2D eigenvalue weighted by molar-refractivity contribution is 6.47. The minimum absolute atomic E-state index is 0.350. The van der Waals surface area contributed by atoms with Crippen molar-refractivity contribution in [1.82, 2.24) is 5.23 Å². The lowest BCUT2D eigenvalue weighted by Gasteiger charge is -2.44. The maximum Gasteiger partial charge on any atom is 0.594 e. The number of benzene rings is 1. The van der Waals surface area contributed by atoms with Gasteiger partial charge < -0.3 is 14.5 Å². The summed E-state index contributed by atoms with van der Waals surface area (Å²) in [5.41, 5.74) is -5.92. The van der Waals surface area contributed by atoms with Crippen molar-refractivity contribution >= 4 is 13.2 Å². The molecule has 1 aromatic rings. The van der Waals surface area contributed by atoms with Gasteiger partial charge in [-0.25, -0.2) is 13.2 Å². The quantitative estimate of drug-likeness (QED) is 0.864. The van der Waals surface area contributed by atoms with E-state index in [2.05, 4.69) is 5.23 Å². The number of rotatable bonds is 4. The van der Waals surface area contributed by atoms with Crippen LogP contribution in [0.4, 0.5) is 13.2 Å². The molecule has 1 fully saturated rings. The zero-order valence-corrected chi connectivity index (χ0v) is 13.4. The second kappa shape index (κ2) is 5.83. The molecule has 1 N–H and O–H groups in total. The van der Waals surface area contributed by atoms with Crippen molar-refractivity contribution in [3.05, 3.63) is 35.9 Å². The van der Waals surface area contributed by atoms with E-state index in [1.165, 1.54) is 20.8 Å². The zero-order valence-electron chi connectivity index (χ0n) is 13.4. The number of hydrogen-bond donors (Lipinski definition) is 1. The Bertz CT molecular complexity index is 583. The van der Waals surface area contributed by atoms with Gasteiger partial charge in [0.15, 0.2) is 5.67 Å². The standard InChI is InChI=1S/C15H19BF3NO3/c1-13(2)15(4,14(3,19)12(17)18)23-16(22-13)20-11(21)10-8-6-5-7-9-10/h5-9,12H,1-4H3,(H,20,21). The summed E-state index contributed by atoms with van der Waals surface area (Å²) < 4.78 is 51.6. The Morgan fingerprint density at radius 2 is 1.78 bits per heavy atom. The van der Waals surface area contributed by atoms with Crippen LogP contribution < -0.4 is 5.23 Å². The number of carbonyl (C=O) groups is 1. The van der Waals surface area contributed by atoms with Gasteiger partial charge in [-0.05, 0) is 39.8 Å². The molecular weight excluding hydrogens is 310 g/mol. The fourth-order valence-corrected chi connectivity index (χ4v) is 2.51. The van der Waals surface area contributed by atoms with E-state index in [9.17, 15) is 18.0 Å². The summed E-state index contributed by atoms with van der Waals surface area (Å²) in [5.74, 6) is -0.506. The summed E-state index contributed by atoms with van der Waals surface area (Å²) in [6.07, 6.45) is -3.26. The fraction of sp³-hybridized carbons (Fsp3) is 0.533. The van der Waals surface area contributed by atoms with E-state index in [0.29, 0.717) is 5.56 Å². The van der Waals surface area contributed by atoms with Gasteiger partial charge in [0.05, 0.1) is 5.60 Å². The van der Waals surface area contributed by atoms with Crippen LogP contribution in [0.2, 0.25) is 0 Å². The smallest absolute Gasteiger partial charge is 0.384 e. The average Bonchev–Trinajstić information content (AvgIpc) is 2.70. The molecule has 1 amide bonds. The third-order valence-electron chi connectivity index (χ3n) is 4.52. The topological polar surface area (TPSA) is 47.6 Å². The maximum atomic E-state index is 14.6. The molecule has 0 radical (unpaired) electrons. The summed E-state index contributed by atoms with van der Waals surface area (Å²) in [6.45, 7) is 4.88. The summed E-state index contributed by atoms with van der Waals surface area (Å²) >= 11 is 0. The van der Waals surface area contributed by atoms with Gasteiger partial charge in [0.25, 0.3) is 6.43 Å². The summed E-state index contributed by atoms with van der Waals surface area (Å²) in [4.78, 5) is 12.1. The number of nitrogens with one attached hydrogen (secondary N) is 1. The second-order valence-electron chi connectivity index (χ2n) is 6.33. The molecule has 8 heteroatoms. The van der Waals surface area contributed by atoms with Crippen LogP contribution >= 0.6 is 0 Å². The predicted molar refractivity (Wildman–Crippen MR) is 79.8 cm³/mol. The van der Waals surface area contributed by atoms with Crippen LogP contribution in [0.1, 0.15) is 38.1 Å². The molecule has 1 heterocycles. The third kappa shape index (κ3) is 2.97. The Kier molecular flexibility index (Phi) is 4.52. The largest absolute Gasteiger partial charge is 0.594 e. The maximum absolute atomic E-state index is 14.6. The lowest BCUT2D eigenvalue weighted by molar-refractivity contribution is -0.173. The van der Waals surface area contributed by atoms with Gasteiger partial charge in [0.1, 0.15) is 5.60 Å². The molecule has 0 aromatic heterocycles. The normalized spacial score (nSPS) is 26.2. The Labute approximate surface area is 133 Å². The molecule has 1 aromatic carbocycles. The number of amides is 1. The predicted octanol–water partition coefficient (Wildman–Crippen LogP) is 2.98. The van der Waals surface area contributed by atoms with Crippen LogP contribution in [-0.4, -0.2) is 36.5 Å². The van der Waals surface area contributed by atoms with E-state index in [1.54, 1.807) is 30.3 Å². The molecule has 126 valence electrons.